The Morgan fingerprint density at radius 3 is 2.80 bits per heavy atom. The summed E-state index contributed by atoms with van der Waals surface area (Å²) in [5.41, 5.74) is 2.50. The first-order valence-corrected chi connectivity index (χ1v) is 7.17. The normalized spacial score (nSPS) is 11.2. The van der Waals surface area contributed by atoms with Crippen LogP contribution in [0.3, 0.4) is 0 Å². The lowest BCUT2D eigenvalue weighted by Crippen LogP contribution is -1.99. The van der Waals surface area contributed by atoms with Crippen molar-refractivity contribution in [3.05, 3.63) is 46.4 Å². The zero-order valence-electron chi connectivity index (χ0n) is 11.2. The fourth-order valence-electron chi connectivity index (χ4n) is 2.30. The summed E-state index contributed by atoms with van der Waals surface area (Å²) in [6, 6.07) is 6.37. The molecule has 0 N–H and O–H groups in total. The van der Waals surface area contributed by atoms with Crippen molar-refractivity contribution in [2.24, 2.45) is 7.05 Å². The molecule has 102 valence electrons. The molecule has 1 aromatic carbocycles. The first-order chi connectivity index (χ1) is 9.60. The molecule has 3 nitrogen and oxygen atoms in total. The maximum absolute atomic E-state index is 13.4. The number of hydrogen-bond donors (Lipinski definition) is 0. The van der Waals surface area contributed by atoms with Gasteiger partial charge in [0.1, 0.15) is 11.5 Å². The summed E-state index contributed by atoms with van der Waals surface area (Å²) in [5, 5.41) is 1.02. The van der Waals surface area contributed by atoms with Gasteiger partial charge in [0.05, 0.1) is 11.1 Å². The zero-order valence-corrected chi connectivity index (χ0v) is 12.8. The lowest BCUT2D eigenvalue weighted by Gasteiger charge is -2.06. The van der Waals surface area contributed by atoms with Gasteiger partial charge in [-0.2, -0.15) is 0 Å². The predicted octanol–water partition coefficient (Wildman–Crippen LogP) is 4.10. The number of benzene rings is 1. The Morgan fingerprint density at radius 2 is 2.10 bits per heavy atom. The van der Waals surface area contributed by atoms with Crippen molar-refractivity contribution in [1.29, 1.82) is 0 Å². The van der Waals surface area contributed by atoms with Gasteiger partial charge in [0.2, 0.25) is 0 Å². The third-order valence-corrected chi connectivity index (χ3v) is 3.86. The largest absolute Gasteiger partial charge is 0.334 e. The third kappa shape index (κ3) is 2.12. The van der Waals surface area contributed by atoms with Crippen LogP contribution in [-0.4, -0.2) is 14.5 Å². The molecule has 0 saturated carbocycles. The maximum Gasteiger partial charge on any atom is 0.161 e. The van der Waals surface area contributed by atoms with Gasteiger partial charge >= 0.3 is 0 Å². The van der Waals surface area contributed by atoms with Gasteiger partial charge in [0.15, 0.2) is 5.82 Å². The summed E-state index contributed by atoms with van der Waals surface area (Å²) in [7, 11) is 1.94. The van der Waals surface area contributed by atoms with Crippen LogP contribution in [0.5, 0.6) is 0 Å². The van der Waals surface area contributed by atoms with Crippen LogP contribution in [0, 0.1) is 5.82 Å². The standard InChI is InChI=1S/C15H13BrFN3/c1-3-12-13-11(16)8-20(2)15(13)19-14(18-12)9-5-4-6-10(17)7-9/h4-8H,3H2,1-2H3. The van der Waals surface area contributed by atoms with Gasteiger partial charge in [0, 0.05) is 23.3 Å². The van der Waals surface area contributed by atoms with Gasteiger partial charge in [-0.05, 0) is 34.5 Å². The van der Waals surface area contributed by atoms with Crippen LogP contribution in [0.25, 0.3) is 22.4 Å². The van der Waals surface area contributed by atoms with Gasteiger partial charge in [-0.3, -0.25) is 0 Å². The van der Waals surface area contributed by atoms with Crippen molar-refractivity contribution in [2.75, 3.05) is 0 Å². The Kier molecular flexibility index (Phi) is 3.30. The molecule has 0 radical (unpaired) electrons. The Balaban J connectivity index is 2.30. The highest BCUT2D eigenvalue weighted by Gasteiger charge is 2.14. The number of hydrogen-bond acceptors (Lipinski definition) is 2. The molecule has 0 spiro atoms. The second-order valence-corrected chi connectivity index (χ2v) is 5.50. The molecule has 5 heteroatoms. The van der Waals surface area contributed by atoms with E-state index in [2.05, 4.69) is 32.8 Å². The first-order valence-electron chi connectivity index (χ1n) is 6.37. The van der Waals surface area contributed by atoms with E-state index >= 15 is 0 Å². The molecule has 0 atom stereocenters. The van der Waals surface area contributed by atoms with Crippen molar-refractivity contribution in [2.45, 2.75) is 13.3 Å². The quantitative estimate of drug-likeness (QED) is 0.706. The average molecular weight is 334 g/mol. The molecule has 0 aliphatic carbocycles. The van der Waals surface area contributed by atoms with Crippen LogP contribution >= 0.6 is 15.9 Å². The number of fused-ring (bicyclic) bond motifs is 1. The molecule has 0 saturated heterocycles. The van der Waals surface area contributed by atoms with E-state index in [9.17, 15) is 4.39 Å². The molecule has 0 aliphatic rings. The first kappa shape index (κ1) is 13.2. The average Bonchev–Trinajstić information content (AvgIpc) is 2.73. The summed E-state index contributed by atoms with van der Waals surface area (Å²) in [4.78, 5) is 9.15. The number of nitrogens with zero attached hydrogens (tertiary/aromatic N) is 3. The Morgan fingerprint density at radius 1 is 1.30 bits per heavy atom. The summed E-state index contributed by atoms with van der Waals surface area (Å²) in [6.07, 6.45) is 2.76. The van der Waals surface area contributed by atoms with Crippen LogP contribution in [-0.2, 0) is 13.5 Å². The SMILES string of the molecule is CCc1nc(-c2cccc(F)c2)nc2c1c(Br)cn2C. The van der Waals surface area contributed by atoms with Crippen molar-refractivity contribution >= 4 is 27.0 Å². The van der Waals surface area contributed by atoms with Crippen LogP contribution in [0.1, 0.15) is 12.6 Å². The molecule has 3 rings (SSSR count). The number of aromatic nitrogens is 3. The summed E-state index contributed by atoms with van der Waals surface area (Å²) in [6.45, 7) is 2.05. The number of aryl methyl sites for hydroxylation is 2. The van der Waals surface area contributed by atoms with E-state index in [0.29, 0.717) is 11.4 Å². The molecule has 0 aliphatic heterocycles. The molecule has 0 amide bonds. The minimum atomic E-state index is -0.280. The van der Waals surface area contributed by atoms with Crippen molar-refractivity contribution < 1.29 is 4.39 Å². The fourth-order valence-corrected chi connectivity index (χ4v) is 3.02. The molecular formula is C15H13BrFN3. The zero-order chi connectivity index (χ0) is 14.3. The van der Waals surface area contributed by atoms with Gasteiger partial charge in [-0.25, -0.2) is 14.4 Å². The molecule has 3 aromatic rings. The van der Waals surface area contributed by atoms with E-state index in [1.807, 2.05) is 23.9 Å². The third-order valence-electron chi connectivity index (χ3n) is 3.26. The molecule has 2 aromatic heterocycles. The predicted molar refractivity (Wildman–Crippen MR) is 81.0 cm³/mol. The number of halogens is 2. The highest BCUT2D eigenvalue weighted by Crippen LogP contribution is 2.29. The van der Waals surface area contributed by atoms with Gasteiger partial charge in [-0.15, -0.1) is 0 Å². The molecule has 2 heterocycles. The van der Waals surface area contributed by atoms with E-state index in [1.54, 1.807) is 6.07 Å². The minimum absolute atomic E-state index is 0.280. The molecule has 20 heavy (non-hydrogen) atoms. The summed E-state index contributed by atoms with van der Waals surface area (Å²) < 4.78 is 16.3. The fraction of sp³-hybridized carbons (Fsp3) is 0.200. The van der Waals surface area contributed by atoms with E-state index < -0.39 is 0 Å². The van der Waals surface area contributed by atoms with Gasteiger partial charge < -0.3 is 4.57 Å². The summed E-state index contributed by atoms with van der Waals surface area (Å²) in [5.74, 6) is 0.278. The lowest BCUT2D eigenvalue weighted by molar-refractivity contribution is 0.628. The highest BCUT2D eigenvalue weighted by molar-refractivity contribution is 9.10. The molecule has 0 unspecified atom stereocenters. The minimum Gasteiger partial charge on any atom is -0.334 e. The second kappa shape index (κ2) is 4.98. The Bertz CT molecular complexity index is 795. The van der Waals surface area contributed by atoms with Crippen LogP contribution in [0.2, 0.25) is 0 Å². The van der Waals surface area contributed by atoms with Crippen molar-refractivity contribution in [3.8, 4) is 11.4 Å². The smallest absolute Gasteiger partial charge is 0.161 e. The van der Waals surface area contributed by atoms with Crippen molar-refractivity contribution in [1.82, 2.24) is 14.5 Å². The van der Waals surface area contributed by atoms with E-state index in [1.165, 1.54) is 12.1 Å². The molecular weight excluding hydrogens is 321 g/mol. The van der Waals surface area contributed by atoms with E-state index in [4.69, 9.17) is 0 Å². The van der Waals surface area contributed by atoms with Crippen LogP contribution in [0.15, 0.2) is 34.9 Å². The maximum atomic E-state index is 13.4. The topological polar surface area (TPSA) is 30.7 Å². The monoisotopic (exact) mass is 333 g/mol. The Labute approximate surface area is 124 Å². The summed E-state index contributed by atoms with van der Waals surface area (Å²) >= 11 is 3.54. The van der Waals surface area contributed by atoms with Crippen molar-refractivity contribution in [3.63, 3.8) is 0 Å². The van der Waals surface area contributed by atoms with E-state index in [-0.39, 0.29) is 5.82 Å². The van der Waals surface area contributed by atoms with E-state index in [0.717, 1.165) is 27.6 Å². The molecule has 0 bridgehead atoms. The second-order valence-electron chi connectivity index (χ2n) is 4.64. The molecule has 0 fully saturated rings. The number of rotatable bonds is 2. The van der Waals surface area contributed by atoms with Gasteiger partial charge in [-0.1, -0.05) is 19.1 Å². The van der Waals surface area contributed by atoms with Crippen LogP contribution < -0.4 is 0 Å². The lowest BCUT2D eigenvalue weighted by atomic mass is 10.2. The van der Waals surface area contributed by atoms with Gasteiger partial charge in [0.25, 0.3) is 0 Å². The Hall–Kier alpha value is -1.75. The van der Waals surface area contributed by atoms with Crippen LogP contribution in [0.4, 0.5) is 4.39 Å². The highest BCUT2D eigenvalue weighted by atomic mass is 79.9.